The van der Waals surface area contributed by atoms with E-state index in [4.69, 9.17) is 14.4 Å². The minimum Gasteiger partial charge on any atom is -0.475 e. The van der Waals surface area contributed by atoms with Gasteiger partial charge in [-0.15, -0.1) is 0 Å². The van der Waals surface area contributed by atoms with Gasteiger partial charge in [-0.05, 0) is 37.2 Å². The number of benzene rings is 1. The molecule has 1 aromatic carbocycles. The highest BCUT2D eigenvalue weighted by atomic mass is 19.4. The molecule has 0 spiro atoms. The standard InChI is InChI=1S/C18H22FN3O2.C2HF3O2/c1-2-21-9-11-22(12-10-21)17(23)8-5-15-13-20-24-18(15)14-3-6-16(19)7-4-14;3-2(4,5)1(6)7/h3-4,6-7,13H,2,5,8-12H2,1H3;(H,6,7). The number of hydrogen-bond donors (Lipinski definition) is 1. The van der Waals surface area contributed by atoms with Crippen molar-refractivity contribution in [2.24, 2.45) is 0 Å². The van der Waals surface area contributed by atoms with Crippen molar-refractivity contribution in [1.82, 2.24) is 15.0 Å². The van der Waals surface area contributed by atoms with Gasteiger partial charge < -0.3 is 19.4 Å². The summed E-state index contributed by atoms with van der Waals surface area (Å²) in [6.45, 7) is 6.64. The summed E-state index contributed by atoms with van der Waals surface area (Å²) in [5, 5.41) is 11.0. The number of piperazine rings is 1. The fourth-order valence-corrected chi connectivity index (χ4v) is 2.99. The molecule has 0 aliphatic carbocycles. The monoisotopic (exact) mass is 445 g/mol. The fraction of sp³-hybridized carbons (Fsp3) is 0.450. The Morgan fingerprint density at radius 2 is 1.71 bits per heavy atom. The molecule has 0 radical (unpaired) electrons. The number of aromatic nitrogens is 1. The lowest BCUT2D eigenvalue weighted by atomic mass is 10.0. The lowest BCUT2D eigenvalue weighted by Gasteiger charge is -2.34. The normalized spacial score (nSPS) is 14.7. The van der Waals surface area contributed by atoms with Gasteiger partial charge in [0.15, 0.2) is 5.76 Å². The summed E-state index contributed by atoms with van der Waals surface area (Å²) in [6.07, 6.45) is -2.44. The van der Waals surface area contributed by atoms with Crippen molar-refractivity contribution >= 4 is 11.9 Å². The second kappa shape index (κ2) is 10.9. The van der Waals surface area contributed by atoms with Crippen molar-refractivity contribution in [3.05, 3.63) is 41.8 Å². The highest BCUT2D eigenvalue weighted by molar-refractivity contribution is 5.77. The zero-order valence-corrected chi connectivity index (χ0v) is 16.9. The number of nitrogens with zero attached hydrogens (tertiary/aromatic N) is 3. The Morgan fingerprint density at radius 3 is 2.23 bits per heavy atom. The Hall–Kier alpha value is -2.95. The number of hydrogen-bond acceptors (Lipinski definition) is 5. The summed E-state index contributed by atoms with van der Waals surface area (Å²) in [6, 6.07) is 6.09. The van der Waals surface area contributed by atoms with Crippen LogP contribution in [0, 0.1) is 5.82 Å². The number of rotatable bonds is 5. The molecule has 0 bridgehead atoms. The largest absolute Gasteiger partial charge is 0.490 e. The number of carbonyl (C=O) groups excluding carboxylic acids is 1. The van der Waals surface area contributed by atoms with Crippen LogP contribution >= 0.6 is 0 Å². The van der Waals surface area contributed by atoms with Crippen LogP contribution in [0.1, 0.15) is 18.9 Å². The van der Waals surface area contributed by atoms with Gasteiger partial charge in [0.25, 0.3) is 0 Å². The molecule has 31 heavy (non-hydrogen) atoms. The Labute approximate surface area is 176 Å². The van der Waals surface area contributed by atoms with Crippen LogP contribution in [-0.4, -0.2) is 70.8 Å². The molecule has 3 rings (SSSR count). The van der Waals surface area contributed by atoms with Gasteiger partial charge in [0.1, 0.15) is 5.82 Å². The minimum absolute atomic E-state index is 0.164. The highest BCUT2D eigenvalue weighted by Gasteiger charge is 2.38. The number of aryl methyl sites for hydroxylation is 1. The van der Waals surface area contributed by atoms with E-state index in [2.05, 4.69) is 17.0 Å². The molecular formula is C20H23F4N3O4. The number of amides is 1. The van der Waals surface area contributed by atoms with E-state index < -0.39 is 12.1 Å². The maximum absolute atomic E-state index is 13.0. The van der Waals surface area contributed by atoms with Gasteiger partial charge in [-0.2, -0.15) is 13.2 Å². The predicted molar refractivity (Wildman–Crippen MR) is 103 cm³/mol. The van der Waals surface area contributed by atoms with Crippen molar-refractivity contribution in [2.45, 2.75) is 25.9 Å². The summed E-state index contributed by atoms with van der Waals surface area (Å²) >= 11 is 0. The molecule has 1 amide bonds. The van der Waals surface area contributed by atoms with Crippen LogP contribution in [0.15, 0.2) is 35.0 Å². The molecule has 1 aliphatic heterocycles. The molecule has 1 aliphatic rings. The van der Waals surface area contributed by atoms with Gasteiger partial charge in [-0.25, -0.2) is 9.18 Å². The smallest absolute Gasteiger partial charge is 0.475 e. The molecule has 1 N–H and O–H groups in total. The highest BCUT2D eigenvalue weighted by Crippen LogP contribution is 2.25. The number of carboxylic acid groups (broad SMARTS) is 1. The van der Waals surface area contributed by atoms with Crippen LogP contribution in [0.25, 0.3) is 11.3 Å². The van der Waals surface area contributed by atoms with Gasteiger partial charge in [0.05, 0.1) is 6.20 Å². The molecule has 2 heterocycles. The molecule has 0 atom stereocenters. The van der Waals surface area contributed by atoms with Crippen molar-refractivity contribution in [1.29, 1.82) is 0 Å². The van der Waals surface area contributed by atoms with Gasteiger partial charge in [0.2, 0.25) is 5.91 Å². The molecule has 1 aromatic heterocycles. The number of likely N-dealkylation sites (N-methyl/N-ethyl adjacent to an activating group) is 1. The summed E-state index contributed by atoms with van der Waals surface area (Å²) < 4.78 is 50.1. The van der Waals surface area contributed by atoms with E-state index in [1.807, 2.05) is 4.90 Å². The predicted octanol–water partition coefficient (Wildman–Crippen LogP) is 3.21. The van der Waals surface area contributed by atoms with E-state index in [0.29, 0.717) is 18.6 Å². The number of carboxylic acids is 1. The van der Waals surface area contributed by atoms with Crippen molar-refractivity contribution in [2.75, 3.05) is 32.7 Å². The molecule has 11 heteroatoms. The fourth-order valence-electron chi connectivity index (χ4n) is 2.99. The topological polar surface area (TPSA) is 86.9 Å². The van der Waals surface area contributed by atoms with Crippen LogP contribution in [0.4, 0.5) is 17.6 Å². The first-order chi connectivity index (χ1) is 14.6. The average Bonchev–Trinajstić information content (AvgIpc) is 3.21. The molecule has 1 fully saturated rings. The van der Waals surface area contributed by atoms with Crippen LogP contribution in [0.5, 0.6) is 0 Å². The van der Waals surface area contributed by atoms with Crippen LogP contribution in [0.3, 0.4) is 0 Å². The molecule has 2 aromatic rings. The minimum atomic E-state index is -5.08. The van der Waals surface area contributed by atoms with Crippen LogP contribution in [0.2, 0.25) is 0 Å². The Morgan fingerprint density at radius 1 is 1.13 bits per heavy atom. The third kappa shape index (κ3) is 7.35. The van der Waals surface area contributed by atoms with Crippen LogP contribution < -0.4 is 0 Å². The average molecular weight is 445 g/mol. The molecular weight excluding hydrogens is 422 g/mol. The summed E-state index contributed by atoms with van der Waals surface area (Å²) in [5.74, 6) is -2.27. The second-order valence-electron chi connectivity index (χ2n) is 6.81. The molecule has 1 saturated heterocycles. The van der Waals surface area contributed by atoms with Gasteiger partial charge in [-0.1, -0.05) is 12.1 Å². The van der Waals surface area contributed by atoms with Gasteiger partial charge in [0, 0.05) is 43.7 Å². The van der Waals surface area contributed by atoms with E-state index in [0.717, 1.165) is 43.9 Å². The van der Waals surface area contributed by atoms with E-state index >= 15 is 0 Å². The van der Waals surface area contributed by atoms with E-state index in [-0.39, 0.29) is 11.7 Å². The lowest BCUT2D eigenvalue weighted by Crippen LogP contribution is -2.48. The number of carbonyl (C=O) groups is 2. The third-order valence-electron chi connectivity index (χ3n) is 4.77. The number of halogens is 4. The van der Waals surface area contributed by atoms with E-state index in [1.165, 1.54) is 12.1 Å². The molecule has 0 saturated carbocycles. The van der Waals surface area contributed by atoms with Crippen molar-refractivity contribution in [3.63, 3.8) is 0 Å². The van der Waals surface area contributed by atoms with Gasteiger partial charge >= 0.3 is 12.1 Å². The van der Waals surface area contributed by atoms with Crippen molar-refractivity contribution in [3.8, 4) is 11.3 Å². The quantitative estimate of drug-likeness (QED) is 0.712. The zero-order valence-electron chi connectivity index (χ0n) is 16.9. The molecule has 7 nitrogen and oxygen atoms in total. The maximum Gasteiger partial charge on any atom is 0.490 e. The third-order valence-corrected chi connectivity index (χ3v) is 4.77. The van der Waals surface area contributed by atoms with Crippen LogP contribution in [-0.2, 0) is 16.0 Å². The summed E-state index contributed by atoms with van der Waals surface area (Å²) in [7, 11) is 0. The first kappa shape index (κ1) is 24.3. The number of aliphatic carboxylic acids is 1. The molecule has 0 unspecified atom stereocenters. The second-order valence-corrected chi connectivity index (χ2v) is 6.81. The summed E-state index contributed by atoms with van der Waals surface area (Å²) in [4.78, 5) is 25.6. The first-order valence-corrected chi connectivity index (χ1v) is 9.61. The van der Waals surface area contributed by atoms with Crippen molar-refractivity contribution < 1.29 is 36.8 Å². The molecule has 170 valence electrons. The first-order valence-electron chi connectivity index (χ1n) is 9.61. The van der Waals surface area contributed by atoms with Gasteiger partial charge in [-0.3, -0.25) is 4.79 Å². The SMILES string of the molecule is CCN1CCN(C(=O)CCc2cnoc2-c2ccc(F)cc2)CC1.O=C(O)C(F)(F)F. The summed E-state index contributed by atoms with van der Waals surface area (Å²) in [5.41, 5.74) is 1.65. The Bertz CT molecular complexity index is 860. The lowest BCUT2D eigenvalue weighted by molar-refractivity contribution is -0.192. The number of alkyl halides is 3. The van der Waals surface area contributed by atoms with E-state index in [9.17, 15) is 22.4 Å². The maximum atomic E-state index is 13.0. The Balaban J connectivity index is 0.000000423. The zero-order chi connectivity index (χ0) is 23.0. The van der Waals surface area contributed by atoms with E-state index in [1.54, 1.807) is 18.3 Å². The Kier molecular flexibility index (Phi) is 8.55.